The van der Waals surface area contributed by atoms with Gasteiger partial charge in [-0.05, 0) is 30.7 Å². The van der Waals surface area contributed by atoms with Crippen molar-refractivity contribution in [1.29, 1.82) is 0 Å². The summed E-state index contributed by atoms with van der Waals surface area (Å²) in [6.07, 6.45) is 3.43. The van der Waals surface area contributed by atoms with Gasteiger partial charge in [0.15, 0.2) is 0 Å². The SMILES string of the molecule is CC(C)C(C(=O)O)N(C)Cc1ccncc1. The van der Waals surface area contributed by atoms with Crippen LogP contribution in [-0.4, -0.2) is 34.0 Å². The average Bonchev–Trinajstić information content (AvgIpc) is 2.17. The van der Waals surface area contributed by atoms with Crippen LogP contribution < -0.4 is 0 Å². The maximum absolute atomic E-state index is 11.1. The molecule has 0 aliphatic carbocycles. The second-order valence-corrected chi connectivity index (χ2v) is 4.30. The van der Waals surface area contributed by atoms with E-state index in [1.165, 1.54) is 0 Å². The molecule has 0 fully saturated rings. The monoisotopic (exact) mass is 222 g/mol. The van der Waals surface area contributed by atoms with E-state index in [9.17, 15) is 4.79 Å². The lowest BCUT2D eigenvalue weighted by molar-refractivity contribution is -0.144. The highest BCUT2D eigenvalue weighted by Gasteiger charge is 2.25. The topological polar surface area (TPSA) is 53.4 Å². The van der Waals surface area contributed by atoms with E-state index in [1.807, 2.05) is 37.9 Å². The van der Waals surface area contributed by atoms with Crippen molar-refractivity contribution < 1.29 is 9.90 Å². The molecule has 88 valence electrons. The minimum atomic E-state index is -0.772. The summed E-state index contributed by atoms with van der Waals surface area (Å²) in [5.41, 5.74) is 1.07. The Morgan fingerprint density at radius 3 is 2.44 bits per heavy atom. The van der Waals surface area contributed by atoms with E-state index in [1.54, 1.807) is 12.4 Å². The maximum atomic E-state index is 11.1. The summed E-state index contributed by atoms with van der Waals surface area (Å²) in [5, 5.41) is 9.14. The van der Waals surface area contributed by atoms with E-state index in [4.69, 9.17) is 5.11 Å². The molecule has 0 aromatic carbocycles. The largest absolute Gasteiger partial charge is 0.480 e. The summed E-state index contributed by atoms with van der Waals surface area (Å²) in [7, 11) is 1.83. The average molecular weight is 222 g/mol. The van der Waals surface area contributed by atoms with E-state index in [2.05, 4.69) is 4.98 Å². The first-order valence-electron chi connectivity index (χ1n) is 5.34. The molecule has 0 aliphatic heterocycles. The molecule has 0 radical (unpaired) electrons. The van der Waals surface area contributed by atoms with Crippen molar-refractivity contribution in [3.8, 4) is 0 Å². The third-order valence-corrected chi connectivity index (χ3v) is 2.54. The first-order valence-corrected chi connectivity index (χ1v) is 5.34. The number of nitrogens with zero attached hydrogens (tertiary/aromatic N) is 2. The molecule has 0 saturated heterocycles. The molecule has 4 heteroatoms. The number of aliphatic carboxylic acids is 1. The van der Waals surface area contributed by atoms with E-state index >= 15 is 0 Å². The third-order valence-electron chi connectivity index (χ3n) is 2.54. The van der Waals surface area contributed by atoms with Crippen molar-refractivity contribution in [1.82, 2.24) is 9.88 Å². The van der Waals surface area contributed by atoms with Crippen molar-refractivity contribution >= 4 is 5.97 Å². The first kappa shape index (κ1) is 12.6. The molecular formula is C12H18N2O2. The van der Waals surface area contributed by atoms with Crippen LogP contribution in [0.1, 0.15) is 19.4 Å². The van der Waals surface area contributed by atoms with Crippen molar-refractivity contribution in [2.45, 2.75) is 26.4 Å². The van der Waals surface area contributed by atoms with Gasteiger partial charge in [0.25, 0.3) is 0 Å². The number of hydrogen-bond donors (Lipinski definition) is 1. The lowest BCUT2D eigenvalue weighted by Crippen LogP contribution is -2.41. The predicted molar refractivity (Wildman–Crippen MR) is 62.0 cm³/mol. The molecule has 0 aliphatic rings. The van der Waals surface area contributed by atoms with Gasteiger partial charge in [0.05, 0.1) is 0 Å². The van der Waals surface area contributed by atoms with Gasteiger partial charge in [-0.15, -0.1) is 0 Å². The van der Waals surface area contributed by atoms with Crippen LogP contribution in [0.2, 0.25) is 0 Å². The molecule has 0 amide bonds. The minimum Gasteiger partial charge on any atom is -0.480 e. The quantitative estimate of drug-likeness (QED) is 0.822. The Bertz CT molecular complexity index is 338. The second-order valence-electron chi connectivity index (χ2n) is 4.30. The fraction of sp³-hybridized carbons (Fsp3) is 0.500. The van der Waals surface area contributed by atoms with Crippen LogP contribution in [-0.2, 0) is 11.3 Å². The zero-order valence-corrected chi connectivity index (χ0v) is 9.92. The summed E-state index contributed by atoms with van der Waals surface area (Å²) in [4.78, 5) is 16.9. The molecule has 1 rings (SSSR count). The van der Waals surface area contributed by atoms with Gasteiger partial charge in [0, 0.05) is 18.9 Å². The standard InChI is InChI=1S/C12H18N2O2/c1-9(2)11(12(15)16)14(3)8-10-4-6-13-7-5-10/h4-7,9,11H,8H2,1-3H3,(H,15,16). The van der Waals surface area contributed by atoms with Gasteiger partial charge in [-0.3, -0.25) is 14.7 Å². The fourth-order valence-electron chi connectivity index (χ4n) is 1.86. The van der Waals surface area contributed by atoms with Gasteiger partial charge in [0.2, 0.25) is 0 Å². The normalized spacial score (nSPS) is 13.1. The van der Waals surface area contributed by atoms with Gasteiger partial charge < -0.3 is 5.11 Å². The molecule has 0 bridgehead atoms. The van der Waals surface area contributed by atoms with Gasteiger partial charge in [-0.1, -0.05) is 13.8 Å². The first-order chi connectivity index (χ1) is 7.52. The van der Waals surface area contributed by atoms with Crippen LogP contribution >= 0.6 is 0 Å². The summed E-state index contributed by atoms with van der Waals surface area (Å²) in [6.45, 7) is 4.46. The molecule has 0 spiro atoms. The number of aromatic nitrogens is 1. The molecule has 1 unspecified atom stereocenters. The van der Waals surface area contributed by atoms with Gasteiger partial charge in [-0.2, -0.15) is 0 Å². The van der Waals surface area contributed by atoms with E-state index in [0.29, 0.717) is 6.54 Å². The number of pyridine rings is 1. The Labute approximate surface area is 95.9 Å². The van der Waals surface area contributed by atoms with Crippen molar-refractivity contribution in [3.05, 3.63) is 30.1 Å². The highest BCUT2D eigenvalue weighted by Crippen LogP contribution is 2.12. The van der Waals surface area contributed by atoms with Crippen molar-refractivity contribution in [2.75, 3.05) is 7.05 Å². The van der Waals surface area contributed by atoms with Crippen LogP contribution in [0.5, 0.6) is 0 Å². The number of carboxylic acid groups (broad SMARTS) is 1. The molecule has 1 aromatic rings. The Morgan fingerprint density at radius 1 is 1.44 bits per heavy atom. The number of likely N-dealkylation sites (N-methyl/N-ethyl adjacent to an activating group) is 1. The predicted octanol–water partition coefficient (Wildman–Crippen LogP) is 1.62. The van der Waals surface area contributed by atoms with E-state index in [0.717, 1.165) is 5.56 Å². The maximum Gasteiger partial charge on any atom is 0.321 e. The Kier molecular flexibility index (Phi) is 4.43. The molecule has 1 aromatic heterocycles. The zero-order chi connectivity index (χ0) is 12.1. The summed E-state index contributed by atoms with van der Waals surface area (Å²) in [5.74, 6) is -0.684. The summed E-state index contributed by atoms with van der Waals surface area (Å²) in [6, 6.07) is 3.35. The van der Waals surface area contributed by atoms with Crippen LogP contribution in [0.3, 0.4) is 0 Å². The minimum absolute atomic E-state index is 0.0873. The van der Waals surface area contributed by atoms with Crippen LogP contribution in [0.4, 0.5) is 0 Å². The molecule has 16 heavy (non-hydrogen) atoms. The molecule has 1 N–H and O–H groups in total. The number of carboxylic acids is 1. The molecule has 4 nitrogen and oxygen atoms in total. The number of carbonyl (C=O) groups is 1. The molecule has 1 atom stereocenters. The van der Waals surface area contributed by atoms with Gasteiger partial charge in [0.1, 0.15) is 6.04 Å². The number of hydrogen-bond acceptors (Lipinski definition) is 3. The van der Waals surface area contributed by atoms with Gasteiger partial charge in [-0.25, -0.2) is 0 Å². The third kappa shape index (κ3) is 3.31. The lowest BCUT2D eigenvalue weighted by Gasteiger charge is -2.27. The molecule has 1 heterocycles. The van der Waals surface area contributed by atoms with Crippen LogP contribution in [0, 0.1) is 5.92 Å². The summed E-state index contributed by atoms with van der Waals surface area (Å²) < 4.78 is 0. The van der Waals surface area contributed by atoms with Crippen LogP contribution in [0.25, 0.3) is 0 Å². The van der Waals surface area contributed by atoms with Crippen molar-refractivity contribution in [3.63, 3.8) is 0 Å². The van der Waals surface area contributed by atoms with E-state index in [-0.39, 0.29) is 5.92 Å². The Hall–Kier alpha value is -1.42. The number of rotatable bonds is 5. The van der Waals surface area contributed by atoms with E-state index < -0.39 is 12.0 Å². The highest BCUT2D eigenvalue weighted by atomic mass is 16.4. The second kappa shape index (κ2) is 5.61. The van der Waals surface area contributed by atoms with Crippen molar-refractivity contribution in [2.24, 2.45) is 5.92 Å². The lowest BCUT2D eigenvalue weighted by atomic mass is 10.0. The molecular weight excluding hydrogens is 204 g/mol. The highest BCUT2D eigenvalue weighted by molar-refractivity contribution is 5.73. The smallest absolute Gasteiger partial charge is 0.321 e. The fourth-order valence-corrected chi connectivity index (χ4v) is 1.86. The molecule has 0 saturated carbocycles. The Morgan fingerprint density at radius 2 is 2.00 bits per heavy atom. The van der Waals surface area contributed by atoms with Crippen LogP contribution in [0.15, 0.2) is 24.5 Å². The zero-order valence-electron chi connectivity index (χ0n) is 9.92. The van der Waals surface area contributed by atoms with Gasteiger partial charge >= 0.3 is 5.97 Å². The Balaban J connectivity index is 2.70. The summed E-state index contributed by atoms with van der Waals surface area (Å²) >= 11 is 0.